The highest BCUT2D eigenvalue weighted by molar-refractivity contribution is 5.77. The van der Waals surface area contributed by atoms with E-state index >= 15 is 0 Å². The van der Waals surface area contributed by atoms with E-state index in [1.807, 2.05) is 44.2 Å². The molecular formula is C15H18N2O3. The van der Waals surface area contributed by atoms with E-state index in [1.165, 1.54) is 0 Å². The topological polar surface area (TPSA) is 75.4 Å². The van der Waals surface area contributed by atoms with Gasteiger partial charge in [-0.1, -0.05) is 49.3 Å². The van der Waals surface area contributed by atoms with Gasteiger partial charge >= 0.3 is 5.97 Å². The molecule has 2 aromatic rings. The van der Waals surface area contributed by atoms with Crippen LogP contribution in [0.5, 0.6) is 0 Å². The standard InChI is InChI=1S/C15H18N2O3/c1-10(2)8-12(15(18)19)16-14-9-13(20-17-14)11-6-4-3-5-7-11/h3-7,9-10,12H,8H2,1-2H3,(H,16,17)(H,18,19)/t12-/m0/s1. The van der Waals surface area contributed by atoms with Gasteiger partial charge in [0.05, 0.1) is 0 Å². The Kier molecular flexibility index (Phi) is 4.40. The maximum atomic E-state index is 11.2. The van der Waals surface area contributed by atoms with Crippen molar-refractivity contribution in [2.75, 3.05) is 5.32 Å². The third-order valence-electron chi connectivity index (χ3n) is 2.90. The van der Waals surface area contributed by atoms with Crippen molar-refractivity contribution in [1.29, 1.82) is 0 Å². The summed E-state index contributed by atoms with van der Waals surface area (Å²) in [4.78, 5) is 11.2. The first-order valence-electron chi connectivity index (χ1n) is 6.57. The summed E-state index contributed by atoms with van der Waals surface area (Å²) in [5.74, 6) is 0.450. The van der Waals surface area contributed by atoms with Crippen molar-refractivity contribution in [3.8, 4) is 11.3 Å². The minimum atomic E-state index is -0.886. The number of carboxylic acids is 1. The van der Waals surface area contributed by atoms with Crippen molar-refractivity contribution in [3.63, 3.8) is 0 Å². The molecule has 0 bridgehead atoms. The lowest BCUT2D eigenvalue weighted by Gasteiger charge is -2.15. The number of carboxylic acid groups (broad SMARTS) is 1. The van der Waals surface area contributed by atoms with Gasteiger partial charge in [0, 0.05) is 11.6 Å². The van der Waals surface area contributed by atoms with Crippen LogP contribution in [0.3, 0.4) is 0 Å². The molecule has 0 saturated carbocycles. The van der Waals surface area contributed by atoms with Gasteiger partial charge in [-0.05, 0) is 12.3 Å². The fourth-order valence-electron chi connectivity index (χ4n) is 1.95. The van der Waals surface area contributed by atoms with Gasteiger partial charge in [0.2, 0.25) is 0 Å². The van der Waals surface area contributed by atoms with Crippen LogP contribution in [0.15, 0.2) is 40.9 Å². The second kappa shape index (κ2) is 6.23. The third kappa shape index (κ3) is 3.60. The highest BCUT2D eigenvalue weighted by Gasteiger charge is 2.20. The number of aliphatic carboxylic acids is 1. The number of carbonyl (C=O) groups is 1. The molecule has 1 atom stereocenters. The summed E-state index contributed by atoms with van der Waals surface area (Å²) in [6, 6.07) is 10.6. The Morgan fingerprint density at radius 2 is 2.05 bits per heavy atom. The summed E-state index contributed by atoms with van der Waals surface area (Å²) < 4.78 is 5.23. The highest BCUT2D eigenvalue weighted by Crippen LogP contribution is 2.23. The summed E-state index contributed by atoms with van der Waals surface area (Å²) in [7, 11) is 0. The largest absolute Gasteiger partial charge is 0.480 e. The van der Waals surface area contributed by atoms with Crippen LogP contribution in [0.1, 0.15) is 20.3 Å². The molecule has 2 N–H and O–H groups in total. The van der Waals surface area contributed by atoms with Gasteiger partial charge in [0.25, 0.3) is 0 Å². The minimum absolute atomic E-state index is 0.282. The number of aromatic nitrogens is 1. The summed E-state index contributed by atoms with van der Waals surface area (Å²) in [6.07, 6.45) is 0.531. The Morgan fingerprint density at radius 1 is 1.35 bits per heavy atom. The van der Waals surface area contributed by atoms with Gasteiger partial charge in [-0.25, -0.2) is 4.79 Å². The van der Waals surface area contributed by atoms with Gasteiger partial charge in [-0.2, -0.15) is 0 Å². The van der Waals surface area contributed by atoms with Crippen LogP contribution in [0.25, 0.3) is 11.3 Å². The molecule has 0 radical (unpaired) electrons. The first kappa shape index (κ1) is 14.1. The monoisotopic (exact) mass is 274 g/mol. The summed E-state index contributed by atoms with van der Waals surface area (Å²) in [5, 5.41) is 16.0. The van der Waals surface area contributed by atoms with Crippen LogP contribution in [-0.2, 0) is 4.79 Å². The molecule has 0 amide bonds. The number of benzene rings is 1. The molecule has 0 spiro atoms. The summed E-state index contributed by atoms with van der Waals surface area (Å²) in [5.41, 5.74) is 0.906. The quantitative estimate of drug-likeness (QED) is 0.845. The fourth-order valence-corrected chi connectivity index (χ4v) is 1.95. The number of nitrogens with one attached hydrogen (secondary N) is 1. The molecule has 1 heterocycles. The number of anilines is 1. The Bertz CT molecular complexity index is 564. The molecule has 2 rings (SSSR count). The average molecular weight is 274 g/mol. The molecule has 1 aromatic heterocycles. The molecule has 0 aliphatic carbocycles. The second-order valence-electron chi connectivity index (χ2n) is 5.11. The summed E-state index contributed by atoms with van der Waals surface area (Å²) >= 11 is 0. The molecule has 0 unspecified atom stereocenters. The van der Waals surface area contributed by atoms with Gasteiger partial charge < -0.3 is 14.9 Å². The molecule has 5 nitrogen and oxygen atoms in total. The molecule has 0 aliphatic rings. The lowest BCUT2D eigenvalue weighted by Crippen LogP contribution is -2.30. The Morgan fingerprint density at radius 3 is 2.65 bits per heavy atom. The Balaban J connectivity index is 2.10. The van der Waals surface area contributed by atoms with Crippen LogP contribution in [0.4, 0.5) is 5.82 Å². The second-order valence-corrected chi connectivity index (χ2v) is 5.11. The molecule has 106 valence electrons. The predicted molar refractivity (Wildman–Crippen MR) is 76.4 cm³/mol. The fraction of sp³-hybridized carbons (Fsp3) is 0.333. The Labute approximate surface area is 117 Å². The van der Waals surface area contributed by atoms with Crippen molar-refractivity contribution in [2.45, 2.75) is 26.3 Å². The summed E-state index contributed by atoms with van der Waals surface area (Å²) in [6.45, 7) is 3.96. The lowest BCUT2D eigenvalue weighted by molar-refractivity contribution is -0.138. The van der Waals surface area contributed by atoms with E-state index < -0.39 is 12.0 Å². The SMILES string of the molecule is CC(C)C[C@H](Nc1cc(-c2ccccc2)on1)C(=O)O. The Hall–Kier alpha value is -2.30. The third-order valence-corrected chi connectivity index (χ3v) is 2.90. The molecule has 0 saturated heterocycles. The van der Waals surface area contributed by atoms with Crippen molar-refractivity contribution >= 4 is 11.8 Å². The number of hydrogen-bond acceptors (Lipinski definition) is 4. The van der Waals surface area contributed by atoms with E-state index in [0.29, 0.717) is 18.0 Å². The van der Waals surface area contributed by atoms with E-state index in [4.69, 9.17) is 4.52 Å². The van der Waals surface area contributed by atoms with E-state index in [1.54, 1.807) is 6.07 Å². The van der Waals surface area contributed by atoms with Crippen LogP contribution in [0.2, 0.25) is 0 Å². The average Bonchev–Trinajstić information content (AvgIpc) is 2.87. The van der Waals surface area contributed by atoms with Crippen molar-refractivity contribution in [3.05, 3.63) is 36.4 Å². The number of rotatable bonds is 6. The number of hydrogen-bond donors (Lipinski definition) is 2. The molecular weight excluding hydrogens is 256 g/mol. The molecule has 1 aromatic carbocycles. The van der Waals surface area contributed by atoms with E-state index in [-0.39, 0.29) is 5.92 Å². The van der Waals surface area contributed by atoms with E-state index in [2.05, 4.69) is 10.5 Å². The predicted octanol–water partition coefficient (Wildman–Crippen LogP) is 3.25. The van der Waals surface area contributed by atoms with Gasteiger partial charge in [-0.15, -0.1) is 0 Å². The zero-order valence-corrected chi connectivity index (χ0v) is 11.5. The molecule has 5 heteroatoms. The van der Waals surface area contributed by atoms with Crippen LogP contribution in [-0.4, -0.2) is 22.3 Å². The minimum Gasteiger partial charge on any atom is -0.480 e. The first-order valence-corrected chi connectivity index (χ1v) is 6.57. The van der Waals surface area contributed by atoms with E-state index in [0.717, 1.165) is 5.56 Å². The maximum Gasteiger partial charge on any atom is 0.326 e. The van der Waals surface area contributed by atoms with Crippen LogP contribution >= 0.6 is 0 Å². The molecule has 20 heavy (non-hydrogen) atoms. The first-order chi connectivity index (χ1) is 9.56. The smallest absolute Gasteiger partial charge is 0.326 e. The molecule has 0 aliphatic heterocycles. The van der Waals surface area contributed by atoms with Crippen molar-refractivity contribution in [2.24, 2.45) is 5.92 Å². The highest BCUT2D eigenvalue weighted by atomic mass is 16.5. The number of nitrogens with zero attached hydrogens (tertiary/aromatic N) is 1. The van der Waals surface area contributed by atoms with Crippen molar-refractivity contribution < 1.29 is 14.4 Å². The van der Waals surface area contributed by atoms with Crippen LogP contribution < -0.4 is 5.32 Å². The normalized spacial score (nSPS) is 12.3. The van der Waals surface area contributed by atoms with Gasteiger partial charge in [0.1, 0.15) is 6.04 Å². The van der Waals surface area contributed by atoms with Gasteiger partial charge in [0.15, 0.2) is 11.6 Å². The maximum absolute atomic E-state index is 11.2. The van der Waals surface area contributed by atoms with Gasteiger partial charge in [-0.3, -0.25) is 0 Å². The zero-order valence-electron chi connectivity index (χ0n) is 11.5. The molecule has 0 fully saturated rings. The zero-order chi connectivity index (χ0) is 14.5. The lowest BCUT2D eigenvalue weighted by atomic mass is 10.0. The van der Waals surface area contributed by atoms with Crippen LogP contribution in [0, 0.1) is 5.92 Å². The van der Waals surface area contributed by atoms with E-state index in [9.17, 15) is 9.90 Å². The van der Waals surface area contributed by atoms with Crippen molar-refractivity contribution in [1.82, 2.24) is 5.16 Å².